The summed E-state index contributed by atoms with van der Waals surface area (Å²) in [5.41, 5.74) is 3.91. The molecule has 1 heterocycles. The molecule has 0 saturated carbocycles. The Labute approximate surface area is 192 Å². The van der Waals surface area contributed by atoms with Gasteiger partial charge in [-0.05, 0) is 47.4 Å². The Morgan fingerprint density at radius 1 is 1.16 bits per heavy atom. The van der Waals surface area contributed by atoms with Crippen LogP contribution in [0, 0.1) is 5.41 Å². The summed E-state index contributed by atoms with van der Waals surface area (Å²) >= 11 is 0. The maximum absolute atomic E-state index is 11.7. The van der Waals surface area contributed by atoms with Crippen LogP contribution in [0.4, 0.5) is 0 Å². The van der Waals surface area contributed by atoms with Crippen LogP contribution in [0.1, 0.15) is 56.7 Å². The van der Waals surface area contributed by atoms with Crippen molar-refractivity contribution in [3.8, 4) is 5.75 Å². The number of aliphatic hydroxyl groups excluding tert-OH is 1. The van der Waals surface area contributed by atoms with E-state index in [9.17, 15) is 9.90 Å². The molecule has 3 N–H and O–H groups in total. The highest BCUT2D eigenvalue weighted by Crippen LogP contribution is 2.35. The molecule has 3 rings (SSSR count). The highest BCUT2D eigenvalue weighted by atomic mass is 16.5. The van der Waals surface area contributed by atoms with E-state index in [-0.39, 0.29) is 17.4 Å². The van der Waals surface area contributed by atoms with Gasteiger partial charge in [0.05, 0.1) is 18.8 Å². The van der Waals surface area contributed by atoms with Crippen molar-refractivity contribution in [3.05, 3.63) is 65.2 Å². The van der Waals surface area contributed by atoms with Gasteiger partial charge in [-0.15, -0.1) is 0 Å². The summed E-state index contributed by atoms with van der Waals surface area (Å²) in [5.74, 6) is 1.19. The minimum atomic E-state index is -0.675. The van der Waals surface area contributed by atoms with Gasteiger partial charge in [-0.1, -0.05) is 63.2 Å². The normalized spacial score (nSPS) is 17.7. The predicted octanol–water partition coefficient (Wildman–Crippen LogP) is 3.84. The minimum absolute atomic E-state index is 0.130. The number of fused-ring (bicyclic) bond motifs is 1. The molecule has 2 aromatic carbocycles. The first kappa shape index (κ1) is 24.3. The molecule has 5 heteroatoms. The molecule has 174 valence electrons. The Hall–Kier alpha value is -2.37. The van der Waals surface area contributed by atoms with Gasteiger partial charge in [0, 0.05) is 25.9 Å². The van der Waals surface area contributed by atoms with Crippen LogP contribution in [0.2, 0.25) is 0 Å². The van der Waals surface area contributed by atoms with Gasteiger partial charge < -0.3 is 20.5 Å². The second-order valence-electron chi connectivity index (χ2n) is 10.2. The van der Waals surface area contributed by atoms with Crippen LogP contribution in [0.15, 0.2) is 48.5 Å². The van der Waals surface area contributed by atoms with Gasteiger partial charge in [-0.25, -0.2) is 0 Å². The molecule has 0 aliphatic carbocycles. The van der Waals surface area contributed by atoms with Crippen LogP contribution in [0.25, 0.3) is 0 Å². The van der Waals surface area contributed by atoms with Crippen molar-refractivity contribution in [2.24, 2.45) is 5.41 Å². The Balaban J connectivity index is 1.60. The van der Waals surface area contributed by atoms with E-state index in [4.69, 9.17) is 4.74 Å². The first-order valence-electron chi connectivity index (χ1n) is 11.7. The number of hydrogen-bond acceptors (Lipinski definition) is 4. The van der Waals surface area contributed by atoms with E-state index in [1.54, 1.807) is 0 Å². The highest BCUT2D eigenvalue weighted by molar-refractivity contribution is 5.73. The lowest BCUT2D eigenvalue weighted by Crippen LogP contribution is -2.48. The number of hydrogen-bond donors (Lipinski definition) is 3. The summed E-state index contributed by atoms with van der Waals surface area (Å²) in [5, 5.41) is 17.2. The fourth-order valence-corrected chi connectivity index (χ4v) is 4.41. The SMILES string of the molecule is CC(=O)N[C@@H](Cc1ccccc1)[C@H](O)CNC[C@H]1CCOc2ccc(CC(C)(C)C)cc21. The molecule has 0 bridgehead atoms. The number of benzene rings is 2. The van der Waals surface area contributed by atoms with Crippen molar-refractivity contribution in [2.45, 2.75) is 65.0 Å². The molecule has 1 aliphatic heterocycles. The standard InChI is InChI=1S/C27H38N2O3/c1-19(30)29-24(15-20-8-6-5-7-9-20)25(31)18-28-17-22-12-13-32-26-11-10-21(14-23(22)26)16-27(2,3)4/h5-11,14,22,24-25,28,31H,12-13,15-18H2,1-4H3,(H,29,30)/t22-,24+,25-/m1/s1. The van der Waals surface area contributed by atoms with E-state index in [0.717, 1.165) is 30.7 Å². The first-order chi connectivity index (χ1) is 15.2. The van der Waals surface area contributed by atoms with Crippen LogP contribution in [-0.2, 0) is 17.6 Å². The molecule has 0 spiro atoms. The monoisotopic (exact) mass is 438 g/mol. The fraction of sp³-hybridized carbons (Fsp3) is 0.519. The number of aliphatic hydroxyl groups is 1. The molecule has 5 nitrogen and oxygen atoms in total. The molecule has 0 aromatic heterocycles. The molecule has 0 unspecified atom stereocenters. The number of amides is 1. The number of rotatable bonds is 9. The first-order valence-corrected chi connectivity index (χ1v) is 11.7. The van der Waals surface area contributed by atoms with Gasteiger partial charge in [0.25, 0.3) is 0 Å². The van der Waals surface area contributed by atoms with E-state index in [0.29, 0.717) is 25.5 Å². The lowest BCUT2D eigenvalue weighted by atomic mass is 9.85. The van der Waals surface area contributed by atoms with E-state index in [1.807, 2.05) is 30.3 Å². The predicted molar refractivity (Wildman–Crippen MR) is 129 cm³/mol. The lowest BCUT2D eigenvalue weighted by molar-refractivity contribution is -0.120. The molecule has 0 fully saturated rings. The van der Waals surface area contributed by atoms with Gasteiger partial charge >= 0.3 is 0 Å². The largest absolute Gasteiger partial charge is 0.493 e. The molecular weight excluding hydrogens is 400 g/mol. The van der Waals surface area contributed by atoms with Crippen molar-refractivity contribution < 1.29 is 14.6 Å². The molecule has 32 heavy (non-hydrogen) atoms. The Morgan fingerprint density at radius 3 is 2.59 bits per heavy atom. The third kappa shape index (κ3) is 7.35. The van der Waals surface area contributed by atoms with Crippen LogP contribution >= 0.6 is 0 Å². The quantitative estimate of drug-likeness (QED) is 0.556. The van der Waals surface area contributed by atoms with Gasteiger partial charge in [0.1, 0.15) is 5.75 Å². The summed E-state index contributed by atoms with van der Waals surface area (Å²) in [6.45, 7) is 10.2. The number of nitrogens with one attached hydrogen (secondary N) is 2. The van der Waals surface area contributed by atoms with Crippen LogP contribution in [0.3, 0.4) is 0 Å². The maximum atomic E-state index is 11.7. The maximum Gasteiger partial charge on any atom is 0.217 e. The molecular formula is C27H38N2O3. The third-order valence-electron chi connectivity index (χ3n) is 5.87. The van der Waals surface area contributed by atoms with E-state index in [2.05, 4.69) is 49.6 Å². The van der Waals surface area contributed by atoms with Gasteiger partial charge in [0.2, 0.25) is 5.91 Å². The molecule has 0 radical (unpaired) electrons. The topological polar surface area (TPSA) is 70.6 Å². The van der Waals surface area contributed by atoms with Crippen molar-refractivity contribution in [3.63, 3.8) is 0 Å². The zero-order valence-electron chi connectivity index (χ0n) is 19.9. The van der Waals surface area contributed by atoms with Crippen molar-refractivity contribution in [2.75, 3.05) is 19.7 Å². The summed E-state index contributed by atoms with van der Waals surface area (Å²) in [4.78, 5) is 11.7. The van der Waals surface area contributed by atoms with Gasteiger partial charge in [0.15, 0.2) is 0 Å². The summed E-state index contributed by atoms with van der Waals surface area (Å²) in [6.07, 6.45) is 1.90. The fourth-order valence-electron chi connectivity index (χ4n) is 4.41. The highest BCUT2D eigenvalue weighted by Gasteiger charge is 2.25. The van der Waals surface area contributed by atoms with Crippen LogP contribution in [-0.4, -0.2) is 42.9 Å². The zero-order chi connectivity index (χ0) is 23.1. The zero-order valence-corrected chi connectivity index (χ0v) is 19.9. The Morgan fingerprint density at radius 2 is 1.91 bits per heavy atom. The second-order valence-corrected chi connectivity index (χ2v) is 10.2. The average molecular weight is 439 g/mol. The number of carbonyl (C=O) groups is 1. The van der Waals surface area contributed by atoms with Crippen LogP contribution in [0.5, 0.6) is 5.75 Å². The van der Waals surface area contributed by atoms with Crippen molar-refractivity contribution in [1.82, 2.24) is 10.6 Å². The van der Waals surface area contributed by atoms with Gasteiger partial charge in [-0.2, -0.15) is 0 Å². The molecule has 1 aliphatic rings. The van der Waals surface area contributed by atoms with Crippen molar-refractivity contribution >= 4 is 5.91 Å². The average Bonchev–Trinajstić information content (AvgIpc) is 2.73. The summed E-state index contributed by atoms with van der Waals surface area (Å²) in [7, 11) is 0. The molecule has 0 saturated heterocycles. The second kappa shape index (κ2) is 11.0. The van der Waals surface area contributed by atoms with Crippen LogP contribution < -0.4 is 15.4 Å². The third-order valence-corrected chi connectivity index (χ3v) is 5.87. The Bertz CT molecular complexity index is 876. The van der Waals surface area contributed by atoms with Gasteiger partial charge in [-0.3, -0.25) is 4.79 Å². The summed E-state index contributed by atoms with van der Waals surface area (Å²) in [6, 6.07) is 16.2. The van der Waals surface area contributed by atoms with Crippen molar-refractivity contribution in [1.29, 1.82) is 0 Å². The molecule has 3 atom stereocenters. The smallest absolute Gasteiger partial charge is 0.217 e. The van der Waals surface area contributed by atoms with E-state index >= 15 is 0 Å². The summed E-state index contributed by atoms with van der Waals surface area (Å²) < 4.78 is 5.89. The number of carbonyl (C=O) groups excluding carboxylic acids is 1. The number of ether oxygens (including phenoxy) is 1. The van der Waals surface area contributed by atoms with E-state index < -0.39 is 6.10 Å². The minimum Gasteiger partial charge on any atom is -0.493 e. The molecule has 1 amide bonds. The van der Waals surface area contributed by atoms with E-state index in [1.165, 1.54) is 18.1 Å². The Kier molecular flexibility index (Phi) is 8.32. The lowest BCUT2D eigenvalue weighted by Gasteiger charge is -2.29. The molecule has 2 aromatic rings.